The van der Waals surface area contributed by atoms with E-state index in [0.717, 1.165) is 21.5 Å². The number of nitrogens with zero attached hydrogens (tertiary/aromatic N) is 5. The van der Waals surface area contributed by atoms with Gasteiger partial charge in [0, 0.05) is 17.7 Å². The molecule has 124 valence electrons. The van der Waals surface area contributed by atoms with Gasteiger partial charge >= 0.3 is 0 Å². The Morgan fingerprint density at radius 2 is 2.00 bits per heavy atom. The Balaban J connectivity index is 1.91. The van der Waals surface area contributed by atoms with Crippen LogP contribution in [0.3, 0.4) is 0 Å². The van der Waals surface area contributed by atoms with Gasteiger partial charge in [-0.2, -0.15) is 10.1 Å². The molecule has 1 N–H and O–H groups in total. The molecule has 0 aliphatic heterocycles. The van der Waals surface area contributed by atoms with Crippen molar-refractivity contribution >= 4 is 27.6 Å². The van der Waals surface area contributed by atoms with E-state index < -0.39 is 0 Å². The van der Waals surface area contributed by atoms with Crippen LogP contribution < -0.4 is 10.1 Å². The highest BCUT2D eigenvalue weighted by Gasteiger charge is 2.13. The topological polar surface area (TPSA) is 77.8 Å². The quantitative estimate of drug-likeness (QED) is 0.719. The number of pyridine rings is 1. The summed E-state index contributed by atoms with van der Waals surface area (Å²) in [6, 6.07) is 3.87. The number of aryl methyl sites for hydroxylation is 1. The van der Waals surface area contributed by atoms with Crippen molar-refractivity contribution < 1.29 is 4.74 Å². The molecule has 0 saturated heterocycles. The van der Waals surface area contributed by atoms with E-state index in [4.69, 9.17) is 4.74 Å². The fourth-order valence-electron chi connectivity index (χ4n) is 2.14. The maximum Gasteiger partial charge on any atom is 0.234 e. The third kappa shape index (κ3) is 3.70. The first-order chi connectivity index (χ1) is 11.5. The van der Waals surface area contributed by atoms with Crippen LogP contribution in [0.1, 0.15) is 13.8 Å². The van der Waals surface area contributed by atoms with Crippen LogP contribution in [-0.2, 0) is 7.05 Å². The van der Waals surface area contributed by atoms with Gasteiger partial charge in [0.05, 0.1) is 36.0 Å². The number of nitrogens with one attached hydrogen (secondary N) is 1. The number of ether oxygens (including phenoxy) is 1. The van der Waals surface area contributed by atoms with Crippen molar-refractivity contribution in [3.05, 3.63) is 41.4 Å². The molecule has 0 aliphatic rings. The number of hydrogen-bond acceptors (Lipinski definition) is 6. The lowest BCUT2D eigenvalue weighted by atomic mass is 10.2. The average molecular weight is 389 g/mol. The molecule has 0 fully saturated rings. The minimum absolute atomic E-state index is 0.0359. The van der Waals surface area contributed by atoms with Crippen LogP contribution in [0.25, 0.3) is 11.3 Å². The van der Waals surface area contributed by atoms with E-state index in [1.165, 1.54) is 0 Å². The monoisotopic (exact) mass is 388 g/mol. The predicted octanol–water partition coefficient (Wildman–Crippen LogP) is 3.57. The smallest absolute Gasteiger partial charge is 0.234 e. The van der Waals surface area contributed by atoms with E-state index in [2.05, 4.69) is 41.3 Å². The Morgan fingerprint density at radius 1 is 1.17 bits per heavy atom. The van der Waals surface area contributed by atoms with Crippen molar-refractivity contribution in [3.63, 3.8) is 0 Å². The largest absolute Gasteiger partial charge is 0.474 e. The molecule has 3 aromatic heterocycles. The second-order valence-corrected chi connectivity index (χ2v) is 6.34. The summed E-state index contributed by atoms with van der Waals surface area (Å²) < 4.78 is 8.24. The summed E-state index contributed by atoms with van der Waals surface area (Å²) in [6.45, 7) is 3.89. The summed E-state index contributed by atoms with van der Waals surface area (Å²) in [6.07, 6.45) is 6.78. The molecule has 0 atom stereocenters. The maximum atomic E-state index is 5.58. The number of anilines is 2. The van der Waals surface area contributed by atoms with E-state index in [1.807, 2.05) is 33.0 Å². The van der Waals surface area contributed by atoms with Gasteiger partial charge in [0.15, 0.2) is 5.82 Å². The summed E-state index contributed by atoms with van der Waals surface area (Å²) >= 11 is 3.39. The van der Waals surface area contributed by atoms with Crippen LogP contribution >= 0.6 is 15.9 Å². The van der Waals surface area contributed by atoms with Gasteiger partial charge in [-0.1, -0.05) is 0 Å². The summed E-state index contributed by atoms with van der Waals surface area (Å²) in [5.41, 5.74) is 1.69. The van der Waals surface area contributed by atoms with Crippen molar-refractivity contribution in [1.29, 1.82) is 0 Å². The van der Waals surface area contributed by atoms with Gasteiger partial charge in [0.1, 0.15) is 5.82 Å². The molecule has 0 bridgehead atoms. The van der Waals surface area contributed by atoms with Crippen molar-refractivity contribution in [1.82, 2.24) is 24.7 Å². The second-order valence-electron chi connectivity index (χ2n) is 5.43. The third-order valence-electron chi connectivity index (χ3n) is 3.16. The molecule has 3 rings (SSSR count). The number of aromatic nitrogens is 5. The lowest BCUT2D eigenvalue weighted by Gasteiger charge is -2.11. The minimum Gasteiger partial charge on any atom is -0.474 e. The lowest BCUT2D eigenvalue weighted by Crippen LogP contribution is -2.08. The van der Waals surface area contributed by atoms with Crippen molar-refractivity contribution in [2.75, 3.05) is 5.32 Å². The van der Waals surface area contributed by atoms with Crippen LogP contribution in [0.2, 0.25) is 0 Å². The first-order valence-corrected chi connectivity index (χ1v) is 8.22. The number of halogens is 1. The molecule has 0 radical (unpaired) electrons. The zero-order chi connectivity index (χ0) is 17.1. The normalized spacial score (nSPS) is 10.9. The van der Waals surface area contributed by atoms with Crippen LogP contribution in [0, 0.1) is 0 Å². The van der Waals surface area contributed by atoms with Gasteiger partial charge in [-0.3, -0.25) is 14.6 Å². The predicted molar refractivity (Wildman–Crippen MR) is 95.2 cm³/mol. The van der Waals surface area contributed by atoms with Gasteiger partial charge in [0.2, 0.25) is 5.88 Å². The average Bonchev–Trinajstić information content (AvgIpc) is 2.89. The van der Waals surface area contributed by atoms with Crippen molar-refractivity contribution in [2.24, 2.45) is 7.05 Å². The van der Waals surface area contributed by atoms with Gasteiger partial charge in [-0.05, 0) is 41.9 Å². The molecule has 0 amide bonds. The Kier molecular flexibility index (Phi) is 4.75. The lowest BCUT2D eigenvalue weighted by molar-refractivity contribution is 0.232. The number of rotatable bonds is 5. The summed E-state index contributed by atoms with van der Waals surface area (Å²) in [5.74, 6) is 1.83. The van der Waals surface area contributed by atoms with E-state index in [-0.39, 0.29) is 6.10 Å². The van der Waals surface area contributed by atoms with E-state index in [1.54, 1.807) is 29.5 Å². The minimum atomic E-state index is 0.0359. The van der Waals surface area contributed by atoms with Gasteiger partial charge in [-0.25, -0.2) is 0 Å². The molecule has 3 aromatic rings. The van der Waals surface area contributed by atoms with Gasteiger partial charge in [0.25, 0.3) is 0 Å². The van der Waals surface area contributed by atoms with Gasteiger partial charge < -0.3 is 10.1 Å². The summed E-state index contributed by atoms with van der Waals surface area (Å²) in [5, 5.41) is 7.55. The first-order valence-electron chi connectivity index (χ1n) is 7.42. The highest BCUT2D eigenvalue weighted by atomic mass is 79.9. The molecule has 3 heterocycles. The Bertz CT molecular complexity index is 831. The molecule has 0 aromatic carbocycles. The van der Waals surface area contributed by atoms with Gasteiger partial charge in [-0.15, -0.1) is 0 Å². The third-order valence-corrected chi connectivity index (χ3v) is 3.63. The molecule has 0 spiro atoms. The van der Waals surface area contributed by atoms with E-state index in [0.29, 0.717) is 11.7 Å². The Hall–Kier alpha value is -2.48. The molecular weight excluding hydrogens is 372 g/mol. The van der Waals surface area contributed by atoms with E-state index >= 15 is 0 Å². The number of hydrogen-bond donors (Lipinski definition) is 1. The van der Waals surface area contributed by atoms with Crippen molar-refractivity contribution in [3.8, 4) is 17.1 Å². The molecule has 24 heavy (non-hydrogen) atoms. The fraction of sp³-hybridized carbons (Fsp3) is 0.250. The highest BCUT2D eigenvalue weighted by molar-refractivity contribution is 9.10. The van der Waals surface area contributed by atoms with Crippen LogP contribution in [0.15, 0.2) is 41.4 Å². The first kappa shape index (κ1) is 16.4. The maximum absolute atomic E-state index is 5.58. The second kappa shape index (κ2) is 6.96. The standard InChI is InChI=1S/C16H17BrN6O/c1-10(2)24-15-9-18-8-14(21-15)22-16-12(7-20-23(16)3)13-5-4-11(17)6-19-13/h4-10H,1-3H3,(H,21,22). The molecule has 0 saturated carbocycles. The Labute approximate surface area is 148 Å². The Morgan fingerprint density at radius 3 is 2.71 bits per heavy atom. The van der Waals surface area contributed by atoms with Crippen molar-refractivity contribution in [2.45, 2.75) is 20.0 Å². The zero-order valence-electron chi connectivity index (χ0n) is 13.6. The van der Waals surface area contributed by atoms with E-state index in [9.17, 15) is 0 Å². The molecular formula is C16H17BrN6O. The van der Waals surface area contributed by atoms with Crippen LogP contribution in [-0.4, -0.2) is 30.8 Å². The zero-order valence-corrected chi connectivity index (χ0v) is 15.1. The SMILES string of the molecule is CC(C)Oc1cncc(Nc2c(-c3ccc(Br)cn3)cnn2C)n1. The summed E-state index contributed by atoms with van der Waals surface area (Å²) in [4.78, 5) is 13.0. The highest BCUT2D eigenvalue weighted by Crippen LogP contribution is 2.28. The van der Waals surface area contributed by atoms with Crippen LogP contribution in [0.5, 0.6) is 5.88 Å². The summed E-state index contributed by atoms with van der Waals surface area (Å²) in [7, 11) is 1.85. The molecule has 0 unspecified atom stereocenters. The van der Waals surface area contributed by atoms with Crippen LogP contribution in [0.4, 0.5) is 11.6 Å². The fourth-order valence-corrected chi connectivity index (χ4v) is 2.37. The molecule has 0 aliphatic carbocycles. The molecule has 8 heteroatoms. The molecule has 7 nitrogen and oxygen atoms in total.